The first kappa shape index (κ1) is 21.2. The molecule has 2 rings (SSSR count). The van der Waals surface area contributed by atoms with Gasteiger partial charge in [-0.2, -0.15) is 8.78 Å². The molecule has 8 heteroatoms. The first-order valence-electron chi connectivity index (χ1n) is 8.36. The quantitative estimate of drug-likeness (QED) is 0.458. The molecule has 0 aliphatic carbocycles. The number of amides is 2. The molecule has 5 nitrogen and oxygen atoms in total. The number of halogens is 3. The first-order chi connectivity index (χ1) is 12.6. The van der Waals surface area contributed by atoms with Crippen molar-refractivity contribution in [1.82, 2.24) is 10.3 Å². The third-order valence-electron chi connectivity index (χ3n) is 3.87. The Morgan fingerprint density at radius 2 is 1.96 bits per heavy atom. The van der Waals surface area contributed by atoms with Crippen LogP contribution in [0.1, 0.15) is 53.5 Å². The number of anilines is 1. The van der Waals surface area contributed by atoms with Crippen molar-refractivity contribution in [3.8, 4) is 0 Å². The predicted molar refractivity (Wildman–Crippen MR) is 108 cm³/mol. The maximum atomic E-state index is 13.5. The molecule has 0 unspecified atom stereocenters. The van der Waals surface area contributed by atoms with Crippen molar-refractivity contribution in [2.24, 2.45) is 0 Å². The van der Waals surface area contributed by atoms with E-state index < -0.39 is 9.97 Å². The summed E-state index contributed by atoms with van der Waals surface area (Å²) in [4.78, 5) is 28.3. The number of aryl methyl sites for hydroxylation is 1. The van der Waals surface area contributed by atoms with Gasteiger partial charge in [0.2, 0.25) is 5.91 Å². The lowest BCUT2D eigenvalue weighted by molar-refractivity contribution is -0.115. The zero-order valence-corrected chi connectivity index (χ0v) is 17.3. The minimum absolute atomic E-state index is 0.119. The van der Waals surface area contributed by atoms with Crippen LogP contribution in [0.3, 0.4) is 0 Å². The fourth-order valence-electron chi connectivity index (χ4n) is 2.44. The van der Waals surface area contributed by atoms with Crippen LogP contribution in [0.4, 0.5) is 14.6 Å². The van der Waals surface area contributed by atoms with Gasteiger partial charge in [0.1, 0.15) is 5.82 Å². The average Bonchev–Trinajstić information content (AvgIpc) is 2.60. The zero-order chi connectivity index (χ0) is 20.2. The van der Waals surface area contributed by atoms with Crippen molar-refractivity contribution in [3.63, 3.8) is 0 Å². The number of carbonyl (C=O) groups excluding carboxylic acids is 2. The molecule has 0 saturated heterocycles. The molecule has 0 aliphatic rings. The van der Waals surface area contributed by atoms with Crippen molar-refractivity contribution in [3.05, 3.63) is 58.8 Å². The van der Waals surface area contributed by atoms with Crippen LogP contribution in [-0.2, 0) is 8.72 Å². The molecule has 0 spiro atoms. The second-order valence-electron chi connectivity index (χ2n) is 6.10. The van der Waals surface area contributed by atoms with Gasteiger partial charge in [-0.3, -0.25) is 9.59 Å². The van der Waals surface area contributed by atoms with Crippen LogP contribution in [-0.4, -0.2) is 16.8 Å². The summed E-state index contributed by atoms with van der Waals surface area (Å²) in [6.45, 7) is 5.15. The van der Waals surface area contributed by atoms with Gasteiger partial charge in [0.05, 0.1) is 6.04 Å². The highest BCUT2D eigenvalue weighted by Crippen LogP contribution is 2.36. The van der Waals surface area contributed by atoms with E-state index in [1.165, 1.54) is 24.3 Å². The van der Waals surface area contributed by atoms with E-state index >= 15 is 0 Å². The molecule has 0 radical (unpaired) electrons. The molecule has 2 amide bonds. The van der Waals surface area contributed by atoms with Crippen molar-refractivity contribution >= 4 is 40.2 Å². The number of carbonyl (C=O) groups is 2. The lowest BCUT2D eigenvalue weighted by atomic mass is 10.0. The lowest BCUT2D eigenvalue weighted by Crippen LogP contribution is -2.27. The fourth-order valence-corrected chi connectivity index (χ4v) is 2.78. The fraction of sp³-hybridized carbons (Fsp3) is 0.316. The Balaban J connectivity index is 2.18. The second-order valence-corrected chi connectivity index (χ2v) is 7.46. The lowest BCUT2D eigenvalue weighted by Gasteiger charge is -2.17. The number of nitrogens with zero attached hydrogens (tertiary/aromatic N) is 1. The molecular formula is C19H20F2IN3O2. The Morgan fingerprint density at radius 3 is 2.59 bits per heavy atom. The Kier molecular flexibility index (Phi) is 6.85. The summed E-state index contributed by atoms with van der Waals surface area (Å²) in [5.74, 6) is -0.290. The number of hydrogen-bond donors (Lipinski definition) is 2. The minimum atomic E-state index is -2.98. The number of rotatable bonds is 6. The van der Waals surface area contributed by atoms with E-state index in [1.54, 1.807) is 32.9 Å². The van der Waals surface area contributed by atoms with E-state index in [-0.39, 0.29) is 17.4 Å². The van der Waals surface area contributed by atoms with Gasteiger partial charge in [0.25, 0.3) is 5.91 Å². The number of nitrogens with one attached hydrogen (secondary N) is 2. The maximum Gasteiger partial charge on any atom is 0.321 e. The van der Waals surface area contributed by atoms with E-state index in [4.69, 9.17) is 0 Å². The van der Waals surface area contributed by atoms with Crippen LogP contribution in [0.5, 0.6) is 0 Å². The van der Waals surface area contributed by atoms with Crippen molar-refractivity contribution in [1.29, 1.82) is 0 Å². The second kappa shape index (κ2) is 8.73. The summed E-state index contributed by atoms with van der Waals surface area (Å²) in [6, 6.07) is 8.55. The normalized spacial score (nSPS) is 12.4. The highest BCUT2D eigenvalue weighted by atomic mass is 127. The number of benzene rings is 1. The number of hydrogen-bond acceptors (Lipinski definition) is 3. The molecule has 2 aromatic rings. The number of pyridine rings is 1. The topological polar surface area (TPSA) is 71.1 Å². The predicted octanol–water partition coefficient (Wildman–Crippen LogP) is 4.71. The molecular weight excluding hydrogens is 467 g/mol. The van der Waals surface area contributed by atoms with Gasteiger partial charge in [0.15, 0.2) is 0 Å². The Bertz CT molecular complexity index is 853. The zero-order valence-electron chi connectivity index (χ0n) is 15.1. The van der Waals surface area contributed by atoms with Crippen molar-refractivity contribution in [2.75, 3.05) is 5.32 Å². The summed E-state index contributed by atoms with van der Waals surface area (Å²) in [7, 11) is 0. The van der Waals surface area contributed by atoms with Gasteiger partial charge >= 0.3 is 3.93 Å². The summed E-state index contributed by atoms with van der Waals surface area (Å²) < 4.78 is 24.0. The standard InChI is InChI=1S/C19H20F2IN3O2/c1-4-17(26)25-16-10-14(8-11(2)23-16)18(27)24-12(3)13-6-5-7-15(9-13)19(20,21)22/h5-10,12H,4H2,1-3H3,(H,24,27)(H,23,25,26)/t12-/m1/s1. The molecule has 1 aromatic heterocycles. The molecule has 2 N–H and O–H groups in total. The summed E-state index contributed by atoms with van der Waals surface area (Å²) >= 11 is 1.07. The summed E-state index contributed by atoms with van der Waals surface area (Å²) in [6.07, 6.45) is 0.298. The summed E-state index contributed by atoms with van der Waals surface area (Å²) in [5, 5.41) is 5.41. The van der Waals surface area contributed by atoms with Gasteiger partial charge in [-0.1, -0.05) is 25.1 Å². The van der Waals surface area contributed by atoms with E-state index in [0.29, 0.717) is 29.1 Å². The van der Waals surface area contributed by atoms with Crippen molar-refractivity contribution in [2.45, 2.75) is 37.2 Å². The van der Waals surface area contributed by atoms with Gasteiger partial charge in [0, 0.05) is 45.8 Å². The SMILES string of the molecule is CCC(=O)Nc1cc(C(=O)N[C@H](C)c2cccc(C(F)(F)I)c2)cc(C)n1. The van der Waals surface area contributed by atoms with Crippen LogP contribution in [0.25, 0.3) is 0 Å². The third kappa shape index (κ3) is 5.95. The van der Waals surface area contributed by atoms with E-state index in [2.05, 4.69) is 15.6 Å². The minimum Gasteiger partial charge on any atom is -0.346 e. The Morgan fingerprint density at radius 1 is 1.26 bits per heavy atom. The van der Waals surface area contributed by atoms with Gasteiger partial charge < -0.3 is 10.6 Å². The maximum absolute atomic E-state index is 13.5. The van der Waals surface area contributed by atoms with Crippen LogP contribution in [0.2, 0.25) is 0 Å². The Hall–Kier alpha value is -2.10. The van der Waals surface area contributed by atoms with Gasteiger partial charge in [-0.05, 0) is 37.6 Å². The van der Waals surface area contributed by atoms with Crippen molar-refractivity contribution < 1.29 is 18.4 Å². The number of alkyl halides is 3. The molecule has 1 atom stereocenters. The first-order valence-corrected chi connectivity index (χ1v) is 9.44. The van der Waals surface area contributed by atoms with Crippen LogP contribution in [0, 0.1) is 6.92 Å². The van der Waals surface area contributed by atoms with Crippen LogP contribution >= 0.6 is 22.6 Å². The molecule has 0 aliphatic heterocycles. The Labute approximate surface area is 170 Å². The highest BCUT2D eigenvalue weighted by Gasteiger charge is 2.27. The molecule has 0 bridgehead atoms. The molecule has 27 heavy (non-hydrogen) atoms. The van der Waals surface area contributed by atoms with Gasteiger partial charge in [-0.15, -0.1) is 0 Å². The largest absolute Gasteiger partial charge is 0.346 e. The molecule has 1 aromatic carbocycles. The van der Waals surface area contributed by atoms with E-state index in [1.807, 2.05) is 0 Å². The molecule has 0 fully saturated rings. The third-order valence-corrected chi connectivity index (χ3v) is 4.49. The monoisotopic (exact) mass is 487 g/mol. The molecule has 0 saturated carbocycles. The molecule has 1 heterocycles. The van der Waals surface area contributed by atoms with E-state index in [0.717, 1.165) is 22.6 Å². The summed E-state index contributed by atoms with van der Waals surface area (Å²) in [5.41, 5.74) is 1.36. The van der Waals surface area contributed by atoms with Gasteiger partial charge in [-0.25, -0.2) is 4.98 Å². The number of aromatic nitrogens is 1. The van der Waals surface area contributed by atoms with Crippen LogP contribution in [0.15, 0.2) is 36.4 Å². The highest BCUT2D eigenvalue weighted by molar-refractivity contribution is 14.1. The smallest absolute Gasteiger partial charge is 0.321 e. The average molecular weight is 487 g/mol. The van der Waals surface area contributed by atoms with Crippen LogP contribution < -0.4 is 10.6 Å². The molecule has 144 valence electrons. The van der Waals surface area contributed by atoms with E-state index in [9.17, 15) is 18.4 Å².